The molecule has 0 radical (unpaired) electrons. The molecule has 0 aromatic heterocycles. The zero-order valence-corrected chi connectivity index (χ0v) is 15.8. The summed E-state index contributed by atoms with van der Waals surface area (Å²) in [5.41, 5.74) is 1.07. The van der Waals surface area contributed by atoms with Crippen LogP contribution in [0.15, 0.2) is 30.3 Å². The maximum Gasteiger partial charge on any atom is 0.317 e. The Balaban J connectivity index is 1.48. The monoisotopic (exact) mass is 374 g/mol. The van der Waals surface area contributed by atoms with E-state index in [0.29, 0.717) is 25.9 Å². The van der Waals surface area contributed by atoms with Gasteiger partial charge < -0.3 is 20.4 Å². The van der Waals surface area contributed by atoms with E-state index in [2.05, 4.69) is 17.4 Å². The van der Waals surface area contributed by atoms with Crippen LogP contribution in [0.3, 0.4) is 0 Å². The third kappa shape index (κ3) is 5.01. The van der Waals surface area contributed by atoms with Crippen LogP contribution in [0.1, 0.15) is 44.1 Å². The van der Waals surface area contributed by atoms with E-state index in [9.17, 15) is 14.7 Å². The van der Waals surface area contributed by atoms with Gasteiger partial charge in [0.15, 0.2) is 0 Å². The molecule has 0 atom stereocenters. The molecule has 1 heterocycles. The lowest BCUT2D eigenvalue weighted by atomic mass is 9.74. The fourth-order valence-corrected chi connectivity index (χ4v) is 4.35. The topological polar surface area (TPSA) is 89.9 Å². The van der Waals surface area contributed by atoms with Gasteiger partial charge in [-0.15, -0.1) is 0 Å². The van der Waals surface area contributed by atoms with E-state index >= 15 is 0 Å². The molecule has 0 unspecified atom stereocenters. The molecular weight excluding hydrogens is 344 g/mol. The lowest BCUT2D eigenvalue weighted by molar-refractivity contribution is -0.142. The molecule has 2 amide bonds. The molecule has 3 rings (SSSR count). The van der Waals surface area contributed by atoms with Gasteiger partial charge in [0.1, 0.15) is 0 Å². The molecule has 1 aliphatic heterocycles. The summed E-state index contributed by atoms with van der Waals surface area (Å²) in [5, 5.41) is 22.1. The number of urea groups is 1. The maximum absolute atomic E-state index is 12.6. The molecule has 6 nitrogen and oxygen atoms in total. The van der Waals surface area contributed by atoms with Gasteiger partial charge in [-0.05, 0) is 50.5 Å². The van der Waals surface area contributed by atoms with Crippen LogP contribution < -0.4 is 5.32 Å². The van der Waals surface area contributed by atoms with Gasteiger partial charge in [-0.25, -0.2) is 4.79 Å². The molecule has 2 aliphatic rings. The van der Waals surface area contributed by atoms with Gasteiger partial charge >= 0.3 is 12.0 Å². The number of aliphatic carboxylic acids is 1. The van der Waals surface area contributed by atoms with E-state index in [0.717, 1.165) is 32.1 Å². The maximum atomic E-state index is 12.6. The Morgan fingerprint density at radius 3 is 2.26 bits per heavy atom. The molecule has 0 bridgehead atoms. The molecule has 148 valence electrons. The second-order valence-corrected chi connectivity index (χ2v) is 8.14. The quantitative estimate of drug-likeness (QED) is 0.739. The van der Waals surface area contributed by atoms with Crippen molar-refractivity contribution < 1.29 is 19.8 Å². The summed E-state index contributed by atoms with van der Waals surface area (Å²) in [4.78, 5) is 25.4. The Kier molecular flexibility index (Phi) is 6.37. The van der Waals surface area contributed by atoms with Crippen molar-refractivity contribution >= 4 is 12.0 Å². The lowest BCUT2D eigenvalue weighted by Gasteiger charge is -2.41. The number of likely N-dealkylation sites (tertiary alicyclic amines) is 1. The second-order valence-electron chi connectivity index (χ2n) is 8.14. The molecule has 3 N–H and O–H groups in total. The summed E-state index contributed by atoms with van der Waals surface area (Å²) >= 11 is 0. The highest BCUT2D eigenvalue weighted by Crippen LogP contribution is 2.35. The molecule has 27 heavy (non-hydrogen) atoms. The van der Waals surface area contributed by atoms with E-state index < -0.39 is 5.97 Å². The van der Waals surface area contributed by atoms with Crippen LogP contribution in [0, 0.1) is 11.3 Å². The third-order valence-corrected chi connectivity index (χ3v) is 6.27. The Labute approximate surface area is 160 Å². The van der Waals surface area contributed by atoms with Gasteiger partial charge in [-0.1, -0.05) is 30.3 Å². The molecule has 2 fully saturated rings. The van der Waals surface area contributed by atoms with Crippen LogP contribution in [0.25, 0.3) is 0 Å². The zero-order chi connectivity index (χ0) is 19.3. The van der Waals surface area contributed by atoms with Gasteiger partial charge in [-0.2, -0.15) is 0 Å². The summed E-state index contributed by atoms with van der Waals surface area (Å²) in [6.45, 7) is 1.42. The van der Waals surface area contributed by atoms with Crippen molar-refractivity contribution in [1.29, 1.82) is 0 Å². The number of carbonyl (C=O) groups is 2. The summed E-state index contributed by atoms with van der Waals surface area (Å²) in [7, 11) is 0. The Hall–Kier alpha value is -2.08. The number of rotatable bonds is 5. The normalized spacial score (nSPS) is 25.0. The molecule has 6 heteroatoms. The number of benzene rings is 1. The Bertz CT molecular complexity index is 633. The van der Waals surface area contributed by atoms with Crippen LogP contribution in [-0.2, 0) is 11.2 Å². The van der Waals surface area contributed by atoms with Gasteiger partial charge in [0, 0.05) is 31.2 Å². The average Bonchev–Trinajstić information content (AvgIpc) is 2.69. The summed E-state index contributed by atoms with van der Waals surface area (Å²) in [6, 6.07) is 10.2. The minimum Gasteiger partial charge on any atom is -0.481 e. The van der Waals surface area contributed by atoms with Crippen LogP contribution in [0.4, 0.5) is 4.79 Å². The predicted molar refractivity (Wildman–Crippen MR) is 102 cm³/mol. The number of nitrogens with zero attached hydrogens (tertiary/aromatic N) is 1. The number of carboxylic acids is 1. The molecule has 0 spiro atoms. The van der Waals surface area contributed by atoms with Gasteiger partial charge in [0.25, 0.3) is 0 Å². The van der Waals surface area contributed by atoms with Crippen molar-refractivity contribution in [2.24, 2.45) is 11.3 Å². The lowest BCUT2D eigenvalue weighted by Crippen LogP contribution is -2.51. The fraction of sp³-hybridized carbons (Fsp3) is 0.619. The fourth-order valence-electron chi connectivity index (χ4n) is 4.35. The molecule has 1 saturated heterocycles. The average molecular weight is 374 g/mol. The summed E-state index contributed by atoms with van der Waals surface area (Å²) < 4.78 is 0. The van der Waals surface area contributed by atoms with E-state index in [4.69, 9.17) is 5.11 Å². The van der Waals surface area contributed by atoms with Crippen molar-refractivity contribution in [1.82, 2.24) is 10.2 Å². The largest absolute Gasteiger partial charge is 0.481 e. The van der Waals surface area contributed by atoms with Crippen molar-refractivity contribution in [2.45, 2.75) is 51.0 Å². The number of hydrogen-bond acceptors (Lipinski definition) is 3. The van der Waals surface area contributed by atoms with Gasteiger partial charge in [0.05, 0.1) is 5.92 Å². The number of nitrogens with one attached hydrogen (secondary N) is 1. The van der Waals surface area contributed by atoms with Crippen molar-refractivity contribution in [3.63, 3.8) is 0 Å². The number of hydrogen-bond donors (Lipinski definition) is 3. The van der Waals surface area contributed by atoms with Crippen LogP contribution in [-0.4, -0.2) is 52.9 Å². The minimum atomic E-state index is -0.727. The number of aliphatic hydroxyl groups excluding tert-OH is 1. The van der Waals surface area contributed by atoms with E-state index in [1.54, 1.807) is 0 Å². The predicted octanol–water partition coefficient (Wildman–Crippen LogP) is 2.66. The highest BCUT2D eigenvalue weighted by atomic mass is 16.4. The number of carboxylic acid groups (broad SMARTS) is 1. The molecular formula is C21H30N2O4. The Morgan fingerprint density at radius 1 is 1.07 bits per heavy atom. The standard InChI is InChI=1S/C21H30N2O4/c24-15-21(14-16-4-2-1-3-5-16)10-12-23(13-11-21)20(27)22-18-8-6-17(7-9-18)19(25)26/h1-5,17-18,24H,6-15H2,(H,22,27)(H,25,26). The van der Waals surface area contributed by atoms with Gasteiger partial charge in [-0.3, -0.25) is 4.79 Å². The Morgan fingerprint density at radius 2 is 1.70 bits per heavy atom. The SMILES string of the molecule is O=C(O)C1CCC(NC(=O)N2CCC(CO)(Cc3ccccc3)CC2)CC1. The van der Waals surface area contributed by atoms with E-state index in [-0.39, 0.29) is 30.0 Å². The minimum absolute atomic E-state index is 0.0555. The number of aliphatic hydroxyl groups is 1. The van der Waals surface area contributed by atoms with E-state index in [1.807, 2.05) is 23.1 Å². The first-order chi connectivity index (χ1) is 13.0. The van der Waals surface area contributed by atoms with Crippen LogP contribution in [0.5, 0.6) is 0 Å². The van der Waals surface area contributed by atoms with Crippen LogP contribution in [0.2, 0.25) is 0 Å². The molecule has 1 aromatic carbocycles. The molecule has 1 aliphatic carbocycles. The summed E-state index contributed by atoms with van der Waals surface area (Å²) in [5.74, 6) is -0.995. The van der Waals surface area contributed by atoms with Gasteiger partial charge in [0.2, 0.25) is 0 Å². The van der Waals surface area contributed by atoms with E-state index in [1.165, 1.54) is 5.56 Å². The highest BCUT2D eigenvalue weighted by molar-refractivity contribution is 5.75. The smallest absolute Gasteiger partial charge is 0.317 e. The highest BCUT2D eigenvalue weighted by Gasteiger charge is 2.36. The first-order valence-electron chi connectivity index (χ1n) is 9.94. The van der Waals surface area contributed by atoms with Crippen molar-refractivity contribution in [3.8, 4) is 0 Å². The van der Waals surface area contributed by atoms with Crippen LogP contribution >= 0.6 is 0 Å². The number of amides is 2. The second kappa shape index (κ2) is 8.74. The molecule has 1 saturated carbocycles. The third-order valence-electron chi connectivity index (χ3n) is 6.27. The zero-order valence-electron chi connectivity index (χ0n) is 15.8. The number of carbonyl (C=O) groups excluding carboxylic acids is 1. The number of piperidine rings is 1. The van der Waals surface area contributed by atoms with Crippen molar-refractivity contribution in [3.05, 3.63) is 35.9 Å². The molecule has 1 aromatic rings. The first-order valence-corrected chi connectivity index (χ1v) is 9.94. The first kappa shape index (κ1) is 19.7. The summed E-state index contributed by atoms with van der Waals surface area (Å²) in [6.07, 6.45) is 5.13. The van der Waals surface area contributed by atoms with Crippen molar-refractivity contribution in [2.75, 3.05) is 19.7 Å².